The minimum atomic E-state index is -0.0549. The van der Waals surface area contributed by atoms with Gasteiger partial charge in [0.25, 0.3) is 0 Å². The van der Waals surface area contributed by atoms with Crippen molar-refractivity contribution in [3.05, 3.63) is 71.5 Å². The molecule has 0 aliphatic rings. The van der Waals surface area contributed by atoms with Crippen molar-refractivity contribution in [1.82, 2.24) is 9.97 Å². The van der Waals surface area contributed by atoms with E-state index >= 15 is 0 Å². The standard InChI is InChI=1S/C19H22N4O3S/c20-15-8-19(21-6-7-27-12-17-16(9-24)22-13-23-17)26-11-18(15)25-10-14-4-2-1-3-5-14/h1-5,8,11,13,24H,6-7,9-10,12,20H2,(H,22,23). The molecule has 142 valence electrons. The van der Waals surface area contributed by atoms with Crippen LogP contribution in [0.2, 0.25) is 0 Å². The highest BCUT2D eigenvalue weighted by molar-refractivity contribution is 7.98. The minimum Gasteiger partial charge on any atom is -0.483 e. The summed E-state index contributed by atoms with van der Waals surface area (Å²) >= 11 is 1.70. The summed E-state index contributed by atoms with van der Waals surface area (Å²) in [6, 6.07) is 11.5. The number of rotatable bonds is 9. The number of imidazole rings is 1. The Morgan fingerprint density at radius 3 is 2.93 bits per heavy atom. The number of aliphatic hydroxyl groups is 1. The number of hydrogen-bond donors (Lipinski definition) is 3. The zero-order valence-corrected chi connectivity index (χ0v) is 15.6. The summed E-state index contributed by atoms with van der Waals surface area (Å²) in [5.74, 6) is 2.06. The van der Waals surface area contributed by atoms with Crippen LogP contribution in [0.4, 0.5) is 5.69 Å². The number of hydrogen-bond acceptors (Lipinski definition) is 7. The molecule has 0 saturated heterocycles. The van der Waals surface area contributed by atoms with Gasteiger partial charge in [-0.3, -0.25) is 4.99 Å². The van der Waals surface area contributed by atoms with Gasteiger partial charge in [0, 0.05) is 17.6 Å². The van der Waals surface area contributed by atoms with Crippen molar-refractivity contribution in [3.8, 4) is 5.75 Å². The molecule has 1 aromatic carbocycles. The van der Waals surface area contributed by atoms with Crippen molar-refractivity contribution in [1.29, 1.82) is 0 Å². The quantitative estimate of drug-likeness (QED) is 0.488. The predicted molar refractivity (Wildman–Crippen MR) is 105 cm³/mol. The molecule has 3 aromatic rings. The highest BCUT2D eigenvalue weighted by atomic mass is 32.2. The van der Waals surface area contributed by atoms with E-state index in [-0.39, 0.29) is 6.61 Å². The molecule has 0 bridgehead atoms. The second kappa shape index (κ2) is 9.84. The van der Waals surface area contributed by atoms with Gasteiger partial charge in [0.15, 0.2) is 5.75 Å². The molecule has 2 heterocycles. The van der Waals surface area contributed by atoms with Crippen molar-refractivity contribution < 1.29 is 14.3 Å². The highest BCUT2D eigenvalue weighted by Gasteiger charge is 2.04. The SMILES string of the molecule is Nc1cc(=NCCSCc2[nH]cnc2CO)occ1OCc1ccccc1. The van der Waals surface area contributed by atoms with Gasteiger partial charge in [-0.15, -0.1) is 0 Å². The van der Waals surface area contributed by atoms with Crippen LogP contribution in [0.3, 0.4) is 0 Å². The molecule has 27 heavy (non-hydrogen) atoms. The molecule has 0 saturated carbocycles. The van der Waals surface area contributed by atoms with E-state index in [2.05, 4.69) is 15.0 Å². The third-order valence-electron chi connectivity index (χ3n) is 3.79. The molecule has 0 fully saturated rings. The molecule has 0 aliphatic heterocycles. The van der Waals surface area contributed by atoms with Crippen molar-refractivity contribution in [2.75, 3.05) is 18.0 Å². The molecule has 2 aromatic heterocycles. The van der Waals surface area contributed by atoms with Gasteiger partial charge in [0.2, 0.25) is 5.55 Å². The predicted octanol–water partition coefficient (Wildman–Crippen LogP) is 2.49. The van der Waals surface area contributed by atoms with Crippen molar-refractivity contribution in [3.63, 3.8) is 0 Å². The van der Waals surface area contributed by atoms with E-state index in [9.17, 15) is 0 Å². The number of nitrogen functional groups attached to an aromatic ring is 1. The summed E-state index contributed by atoms with van der Waals surface area (Å²) in [4.78, 5) is 11.5. The third kappa shape index (κ3) is 5.63. The normalized spacial score (nSPS) is 11.7. The molecule has 8 heteroatoms. The van der Waals surface area contributed by atoms with E-state index in [0.29, 0.717) is 35.8 Å². The van der Waals surface area contributed by atoms with Gasteiger partial charge >= 0.3 is 0 Å². The van der Waals surface area contributed by atoms with Crippen molar-refractivity contribution >= 4 is 17.4 Å². The highest BCUT2D eigenvalue weighted by Crippen LogP contribution is 2.19. The lowest BCUT2D eigenvalue weighted by atomic mass is 10.2. The summed E-state index contributed by atoms with van der Waals surface area (Å²) in [5, 5.41) is 9.17. The minimum absolute atomic E-state index is 0.0549. The molecule has 7 nitrogen and oxygen atoms in total. The van der Waals surface area contributed by atoms with Crippen LogP contribution in [0.1, 0.15) is 17.0 Å². The van der Waals surface area contributed by atoms with Gasteiger partial charge < -0.3 is 25.0 Å². The maximum atomic E-state index is 9.17. The lowest BCUT2D eigenvalue weighted by Crippen LogP contribution is -2.07. The Morgan fingerprint density at radius 2 is 2.15 bits per heavy atom. The average Bonchev–Trinajstić information content (AvgIpc) is 3.15. The number of H-pyrrole nitrogens is 1. The monoisotopic (exact) mass is 386 g/mol. The first-order valence-corrected chi connectivity index (χ1v) is 9.67. The van der Waals surface area contributed by atoms with Crippen molar-refractivity contribution in [2.24, 2.45) is 4.99 Å². The summed E-state index contributed by atoms with van der Waals surface area (Å²) in [5.41, 5.74) is 9.68. The Labute approximate surface area is 161 Å². The lowest BCUT2D eigenvalue weighted by molar-refractivity contribution is 0.276. The molecule has 0 aliphatic carbocycles. The zero-order valence-electron chi connectivity index (χ0n) is 14.8. The third-order valence-corrected chi connectivity index (χ3v) is 4.76. The first-order chi connectivity index (χ1) is 13.3. The lowest BCUT2D eigenvalue weighted by Gasteiger charge is -2.07. The molecule has 0 amide bonds. The van der Waals surface area contributed by atoms with Gasteiger partial charge in [-0.25, -0.2) is 4.98 Å². The van der Waals surface area contributed by atoms with E-state index in [1.54, 1.807) is 24.2 Å². The average molecular weight is 386 g/mol. The summed E-state index contributed by atoms with van der Waals surface area (Å²) in [6.45, 7) is 0.970. The zero-order chi connectivity index (χ0) is 18.9. The molecule has 0 radical (unpaired) electrons. The smallest absolute Gasteiger partial charge is 0.216 e. The Kier molecular flexibility index (Phi) is 6.95. The molecular weight excluding hydrogens is 364 g/mol. The second-order valence-electron chi connectivity index (χ2n) is 5.73. The number of aromatic amines is 1. The maximum Gasteiger partial charge on any atom is 0.216 e. The maximum absolute atomic E-state index is 9.17. The van der Waals surface area contributed by atoms with Crippen LogP contribution >= 0.6 is 11.8 Å². The number of nitrogens with zero attached hydrogens (tertiary/aromatic N) is 2. The topological polar surface area (TPSA) is 110 Å². The van der Waals surface area contributed by atoms with E-state index in [1.165, 1.54) is 6.26 Å². The molecule has 0 atom stereocenters. The molecule has 4 N–H and O–H groups in total. The van der Waals surface area contributed by atoms with Gasteiger partial charge in [-0.2, -0.15) is 11.8 Å². The van der Waals surface area contributed by atoms with E-state index in [1.807, 2.05) is 30.3 Å². The van der Waals surface area contributed by atoms with Gasteiger partial charge in [0.05, 0.1) is 36.6 Å². The molecule has 3 rings (SSSR count). The fourth-order valence-electron chi connectivity index (χ4n) is 2.36. The van der Waals surface area contributed by atoms with Crippen LogP contribution in [0.25, 0.3) is 0 Å². The van der Waals surface area contributed by atoms with Crippen LogP contribution in [-0.4, -0.2) is 27.4 Å². The fourth-order valence-corrected chi connectivity index (χ4v) is 3.18. The van der Waals surface area contributed by atoms with Crippen molar-refractivity contribution in [2.45, 2.75) is 19.0 Å². The fraction of sp³-hybridized carbons (Fsp3) is 0.263. The first-order valence-electron chi connectivity index (χ1n) is 8.51. The number of nitrogens with two attached hydrogens (primary N) is 1. The van der Waals surface area contributed by atoms with Gasteiger partial charge in [-0.1, -0.05) is 30.3 Å². The molecular formula is C19H22N4O3S. The summed E-state index contributed by atoms with van der Waals surface area (Å²) in [6.07, 6.45) is 3.08. The van der Waals surface area contributed by atoms with Gasteiger partial charge in [0.1, 0.15) is 12.9 Å². The molecule has 0 spiro atoms. The van der Waals surface area contributed by atoms with Crippen LogP contribution in [-0.2, 0) is 19.0 Å². The van der Waals surface area contributed by atoms with Crippen LogP contribution < -0.4 is 16.0 Å². The summed E-state index contributed by atoms with van der Waals surface area (Å²) < 4.78 is 11.2. The van der Waals surface area contributed by atoms with E-state index < -0.39 is 0 Å². The van der Waals surface area contributed by atoms with Gasteiger partial charge in [-0.05, 0) is 5.56 Å². The number of anilines is 1. The molecule has 0 unspecified atom stereocenters. The Hall–Kier alpha value is -2.71. The van der Waals surface area contributed by atoms with E-state index in [4.69, 9.17) is 20.0 Å². The number of thioether (sulfide) groups is 1. The Balaban J connectivity index is 1.47. The van der Waals surface area contributed by atoms with Crippen LogP contribution in [0.15, 0.2) is 58.4 Å². The Bertz CT molecular complexity index is 909. The first kappa shape index (κ1) is 19.1. The number of nitrogens with one attached hydrogen (secondary N) is 1. The largest absolute Gasteiger partial charge is 0.483 e. The summed E-state index contributed by atoms with van der Waals surface area (Å²) in [7, 11) is 0. The number of aromatic nitrogens is 2. The van der Waals surface area contributed by atoms with Crippen LogP contribution in [0.5, 0.6) is 5.75 Å². The number of benzene rings is 1. The Morgan fingerprint density at radius 1 is 1.30 bits per heavy atom. The number of aliphatic hydroxyl groups excluding tert-OH is 1. The number of ether oxygens (including phenoxy) is 1. The van der Waals surface area contributed by atoms with Crippen LogP contribution in [0, 0.1) is 0 Å². The second-order valence-corrected chi connectivity index (χ2v) is 6.84. The van der Waals surface area contributed by atoms with E-state index in [0.717, 1.165) is 22.8 Å².